The van der Waals surface area contributed by atoms with Gasteiger partial charge in [-0.25, -0.2) is 4.99 Å². The average molecular weight is 310 g/mol. The first-order valence-corrected chi connectivity index (χ1v) is 8.12. The molecule has 0 radical (unpaired) electrons. The Hall–Kier alpha value is -2.33. The third-order valence-electron chi connectivity index (χ3n) is 3.48. The van der Waals surface area contributed by atoms with Crippen LogP contribution in [0, 0.1) is 0 Å². The highest BCUT2D eigenvalue weighted by Gasteiger charge is 2.06. The number of hydrogen-bond acceptors (Lipinski definition) is 3. The fraction of sp³-hybridized carbons (Fsp3) is 0.167. The van der Waals surface area contributed by atoms with Crippen molar-refractivity contribution in [3.63, 3.8) is 0 Å². The molecule has 4 heteroatoms. The van der Waals surface area contributed by atoms with Gasteiger partial charge in [-0.1, -0.05) is 30.3 Å². The first-order valence-electron chi connectivity index (χ1n) is 7.24. The van der Waals surface area contributed by atoms with Gasteiger partial charge in [-0.2, -0.15) is 0 Å². The minimum absolute atomic E-state index is 0.846. The van der Waals surface area contributed by atoms with E-state index in [9.17, 15) is 0 Å². The molecule has 1 heterocycles. The van der Waals surface area contributed by atoms with Gasteiger partial charge < -0.3 is 9.30 Å². The summed E-state index contributed by atoms with van der Waals surface area (Å²) >= 11 is 1.67. The first-order chi connectivity index (χ1) is 10.8. The fourth-order valence-electron chi connectivity index (χ4n) is 2.33. The van der Waals surface area contributed by atoms with Crippen LogP contribution in [0.4, 0.5) is 5.69 Å². The first kappa shape index (κ1) is 14.6. The summed E-state index contributed by atoms with van der Waals surface area (Å²) in [4.78, 5) is 5.77. The van der Waals surface area contributed by atoms with Crippen molar-refractivity contribution in [1.29, 1.82) is 0 Å². The average Bonchev–Trinajstić information content (AvgIpc) is 2.99. The Kier molecular flexibility index (Phi) is 4.39. The number of thiazole rings is 1. The maximum absolute atomic E-state index is 5.18. The summed E-state index contributed by atoms with van der Waals surface area (Å²) in [6.45, 7) is 3.04. The van der Waals surface area contributed by atoms with Crippen LogP contribution >= 0.6 is 11.3 Å². The largest absolute Gasteiger partial charge is 0.497 e. The number of benzene rings is 2. The van der Waals surface area contributed by atoms with Crippen molar-refractivity contribution in [2.24, 2.45) is 4.99 Å². The lowest BCUT2D eigenvalue weighted by molar-refractivity contribution is 0.415. The molecule has 0 aliphatic rings. The minimum atomic E-state index is 0.846. The molecule has 0 fully saturated rings. The predicted molar refractivity (Wildman–Crippen MR) is 91.6 cm³/mol. The Bertz CT molecular complexity index is 801. The van der Waals surface area contributed by atoms with Gasteiger partial charge >= 0.3 is 0 Å². The van der Waals surface area contributed by atoms with Crippen molar-refractivity contribution in [1.82, 2.24) is 4.57 Å². The van der Waals surface area contributed by atoms with E-state index >= 15 is 0 Å². The number of methoxy groups -OCH3 is 1. The number of aromatic nitrogens is 1. The Morgan fingerprint density at radius 2 is 1.77 bits per heavy atom. The summed E-state index contributed by atoms with van der Waals surface area (Å²) in [6.07, 6.45) is 0. The van der Waals surface area contributed by atoms with Crippen LogP contribution in [-0.4, -0.2) is 11.7 Å². The lowest BCUT2D eigenvalue weighted by Gasteiger charge is -2.06. The molecule has 0 aliphatic heterocycles. The SMILES string of the molecule is CCn1c(-c2ccccc2)csc1=Nc1ccc(OC)cc1. The molecule has 22 heavy (non-hydrogen) atoms. The van der Waals surface area contributed by atoms with Gasteiger partial charge in [0.15, 0.2) is 4.80 Å². The summed E-state index contributed by atoms with van der Waals surface area (Å²) in [5.74, 6) is 0.846. The number of hydrogen-bond donors (Lipinski definition) is 0. The second kappa shape index (κ2) is 6.62. The second-order valence-electron chi connectivity index (χ2n) is 4.82. The molecule has 0 spiro atoms. The highest BCUT2D eigenvalue weighted by Crippen LogP contribution is 2.21. The maximum Gasteiger partial charge on any atom is 0.190 e. The monoisotopic (exact) mass is 310 g/mol. The molecule has 0 bridgehead atoms. The third-order valence-corrected chi connectivity index (χ3v) is 4.34. The zero-order chi connectivity index (χ0) is 15.4. The van der Waals surface area contributed by atoms with Crippen LogP contribution in [0.15, 0.2) is 65.0 Å². The molecule has 0 amide bonds. The molecule has 0 saturated carbocycles. The van der Waals surface area contributed by atoms with Gasteiger partial charge in [-0.3, -0.25) is 0 Å². The lowest BCUT2D eigenvalue weighted by atomic mass is 10.2. The second-order valence-corrected chi connectivity index (χ2v) is 5.66. The van der Waals surface area contributed by atoms with Crippen LogP contribution in [0.1, 0.15) is 6.92 Å². The standard InChI is InChI=1S/C18H18N2OS/c1-3-20-17(14-7-5-4-6-8-14)13-22-18(20)19-15-9-11-16(21-2)12-10-15/h4-13H,3H2,1-2H3. The van der Waals surface area contributed by atoms with E-state index in [-0.39, 0.29) is 0 Å². The molecule has 3 rings (SSSR count). The van der Waals surface area contributed by atoms with Crippen LogP contribution in [0.3, 0.4) is 0 Å². The molecule has 0 N–H and O–H groups in total. The normalized spacial score (nSPS) is 11.6. The van der Waals surface area contributed by atoms with E-state index in [4.69, 9.17) is 9.73 Å². The van der Waals surface area contributed by atoms with Gasteiger partial charge in [0.2, 0.25) is 0 Å². The lowest BCUT2D eigenvalue weighted by Crippen LogP contribution is -2.14. The summed E-state index contributed by atoms with van der Waals surface area (Å²) in [6, 6.07) is 18.2. The Labute approximate surface area is 134 Å². The van der Waals surface area contributed by atoms with Gasteiger partial charge in [-0.05, 0) is 36.8 Å². The van der Waals surface area contributed by atoms with E-state index in [0.717, 1.165) is 22.8 Å². The highest BCUT2D eigenvalue weighted by atomic mass is 32.1. The van der Waals surface area contributed by atoms with Gasteiger partial charge in [0.05, 0.1) is 18.5 Å². The van der Waals surface area contributed by atoms with Gasteiger partial charge in [0, 0.05) is 11.9 Å². The molecule has 112 valence electrons. The van der Waals surface area contributed by atoms with E-state index in [0.29, 0.717) is 0 Å². The Morgan fingerprint density at radius 1 is 1.05 bits per heavy atom. The molecule has 0 unspecified atom stereocenters. The molecule has 1 aromatic heterocycles. The third kappa shape index (κ3) is 2.97. The number of nitrogens with zero attached hydrogens (tertiary/aromatic N) is 2. The molecular weight excluding hydrogens is 292 g/mol. The van der Waals surface area contributed by atoms with Crippen LogP contribution in [-0.2, 0) is 6.54 Å². The minimum Gasteiger partial charge on any atom is -0.497 e. The predicted octanol–water partition coefficient (Wildman–Crippen LogP) is 4.48. The van der Waals surface area contributed by atoms with Gasteiger partial charge in [-0.15, -0.1) is 11.3 Å². The van der Waals surface area contributed by atoms with Crippen molar-refractivity contribution in [2.75, 3.05) is 7.11 Å². The van der Waals surface area contributed by atoms with Crippen molar-refractivity contribution >= 4 is 17.0 Å². The highest BCUT2D eigenvalue weighted by molar-refractivity contribution is 7.07. The maximum atomic E-state index is 5.18. The van der Waals surface area contributed by atoms with Crippen LogP contribution in [0.5, 0.6) is 5.75 Å². The van der Waals surface area contributed by atoms with E-state index in [2.05, 4.69) is 41.1 Å². The molecule has 0 saturated heterocycles. The quantitative estimate of drug-likeness (QED) is 0.698. The Morgan fingerprint density at radius 3 is 2.41 bits per heavy atom. The van der Waals surface area contributed by atoms with Crippen LogP contribution in [0.25, 0.3) is 11.3 Å². The number of rotatable bonds is 4. The fourth-order valence-corrected chi connectivity index (χ4v) is 3.32. The van der Waals surface area contributed by atoms with Crippen molar-refractivity contribution in [3.8, 4) is 17.0 Å². The molecule has 3 nitrogen and oxygen atoms in total. The van der Waals surface area contributed by atoms with E-state index in [1.165, 1.54) is 11.3 Å². The topological polar surface area (TPSA) is 26.5 Å². The molecule has 2 aromatic carbocycles. The zero-order valence-electron chi connectivity index (χ0n) is 12.7. The summed E-state index contributed by atoms with van der Waals surface area (Å²) < 4.78 is 7.42. The summed E-state index contributed by atoms with van der Waals surface area (Å²) in [5, 5.41) is 2.17. The number of ether oxygens (including phenoxy) is 1. The molecule has 0 atom stereocenters. The van der Waals surface area contributed by atoms with E-state index in [1.807, 2.05) is 30.3 Å². The van der Waals surface area contributed by atoms with E-state index < -0.39 is 0 Å². The van der Waals surface area contributed by atoms with Crippen LogP contribution in [0.2, 0.25) is 0 Å². The van der Waals surface area contributed by atoms with Crippen LogP contribution < -0.4 is 9.54 Å². The van der Waals surface area contributed by atoms with E-state index in [1.54, 1.807) is 18.4 Å². The molecule has 3 aromatic rings. The molecule has 0 aliphatic carbocycles. The van der Waals surface area contributed by atoms with Gasteiger partial charge in [0.25, 0.3) is 0 Å². The van der Waals surface area contributed by atoms with Gasteiger partial charge in [0.1, 0.15) is 5.75 Å². The van der Waals surface area contributed by atoms with Crippen molar-refractivity contribution < 1.29 is 4.74 Å². The molecular formula is C18H18N2OS. The summed E-state index contributed by atoms with van der Waals surface area (Å²) in [5.41, 5.74) is 3.36. The van der Waals surface area contributed by atoms with Crippen molar-refractivity contribution in [2.45, 2.75) is 13.5 Å². The Balaban J connectivity index is 2.04. The summed E-state index contributed by atoms with van der Waals surface area (Å²) in [7, 11) is 1.67. The zero-order valence-corrected chi connectivity index (χ0v) is 13.5. The van der Waals surface area contributed by atoms with Crippen molar-refractivity contribution in [3.05, 3.63) is 64.8 Å². The smallest absolute Gasteiger partial charge is 0.190 e.